The number of hydrogen-bond acceptors (Lipinski definition) is 3. The fourth-order valence-corrected chi connectivity index (χ4v) is 1.89. The van der Waals surface area contributed by atoms with Crippen molar-refractivity contribution >= 4 is 17.1 Å². The van der Waals surface area contributed by atoms with Gasteiger partial charge in [-0.05, 0) is 23.9 Å². The molecule has 0 amide bonds. The van der Waals surface area contributed by atoms with E-state index in [1.54, 1.807) is 6.08 Å². The standard InChI is InChI=1S/C10H13NOS/c1-3-5-11-7-9(12)10-8(2)4-6-13-10/h3-4,6,11H,1,5,7H2,2H3. The summed E-state index contributed by atoms with van der Waals surface area (Å²) in [5.74, 6) is 0.161. The number of nitrogens with one attached hydrogen (secondary N) is 1. The van der Waals surface area contributed by atoms with E-state index in [4.69, 9.17) is 0 Å². The molecule has 0 unspecified atom stereocenters. The Hall–Kier alpha value is -0.930. The number of thiophene rings is 1. The number of Topliss-reactive ketones (excluding diaryl/α,β-unsaturated/α-hetero) is 1. The maximum Gasteiger partial charge on any atom is 0.186 e. The normalized spacial score (nSPS) is 9.92. The highest BCUT2D eigenvalue weighted by atomic mass is 32.1. The summed E-state index contributed by atoms with van der Waals surface area (Å²) >= 11 is 1.50. The van der Waals surface area contributed by atoms with Gasteiger partial charge in [0.1, 0.15) is 0 Å². The number of carbonyl (C=O) groups excluding carboxylic acids is 1. The van der Waals surface area contributed by atoms with E-state index >= 15 is 0 Å². The summed E-state index contributed by atoms with van der Waals surface area (Å²) in [6, 6.07) is 1.96. The van der Waals surface area contributed by atoms with Gasteiger partial charge in [0, 0.05) is 6.54 Å². The van der Waals surface area contributed by atoms with Crippen LogP contribution in [0.25, 0.3) is 0 Å². The molecule has 0 bridgehead atoms. The second-order valence-corrected chi connectivity index (χ2v) is 3.69. The molecule has 0 radical (unpaired) electrons. The highest BCUT2D eigenvalue weighted by Gasteiger charge is 2.08. The first kappa shape index (κ1) is 10.2. The smallest absolute Gasteiger partial charge is 0.186 e. The Morgan fingerprint density at radius 2 is 2.54 bits per heavy atom. The van der Waals surface area contributed by atoms with Crippen molar-refractivity contribution in [3.63, 3.8) is 0 Å². The summed E-state index contributed by atoms with van der Waals surface area (Å²) in [4.78, 5) is 12.4. The molecule has 1 N–H and O–H groups in total. The largest absolute Gasteiger partial charge is 0.306 e. The van der Waals surface area contributed by atoms with Crippen molar-refractivity contribution < 1.29 is 4.79 Å². The van der Waals surface area contributed by atoms with Gasteiger partial charge in [0.15, 0.2) is 5.78 Å². The second-order valence-electron chi connectivity index (χ2n) is 2.78. The van der Waals surface area contributed by atoms with Crippen LogP contribution >= 0.6 is 11.3 Å². The molecule has 1 aromatic heterocycles. The average molecular weight is 195 g/mol. The van der Waals surface area contributed by atoms with Crippen LogP contribution in [0.5, 0.6) is 0 Å². The third-order valence-corrected chi connectivity index (χ3v) is 2.75. The summed E-state index contributed by atoms with van der Waals surface area (Å²) in [7, 11) is 0. The van der Waals surface area contributed by atoms with Crippen molar-refractivity contribution in [2.75, 3.05) is 13.1 Å². The second kappa shape index (κ2) is 4.94. The molecule has 2 nitrogen and oxygen atoms in total. The van der Waals surface area contributed by atoms with Gasteiger partial charge in [-0.2, -0.15) is 0 Å². The minimum Gasteiger partial charge on any atom is -0.306 e. The Morgan fingerprint density at radius 3 is 3.08 bits per heavy atom. The molecule has 13 heavy (non-hydrogen) atoms. The molecule has 3 heteroatoms. The zero-order chi connectivity index (χ0) is 9.68. The minimum absolute atomic E-state index is 0.161. The lowest BCUT2D eigenvalue weighted by Crippen LogP contribution is -2.22. The van der Waals surface area contributed by atoms with E-state index in [-0.39, 0.29) is 5.78 Å². The summed E-state index contributed by atoms with van der Waals surface area (Å²) < 4.78 is 0. The van der Waals surface area contributed by atoms with Gasteiger partial charge in [-0.3, -0.25) is 4.79 Å². The van der Waals surface area contributed by atoms with E-state index in [2.05, 4.69) is 11.9 Å². The molecular formula is C10H13NOS. The Labute approximate surface area is 82.3 Å². The minimum atomic E-state index is 0.161. The first-order valence-electron chi connectivity index (χ1n) is 4.14. The predicted octanol–water partition coefficient (Wildman–Crippen LogP) is 2.01. The topological polar surface area (TPSA) is 29.1 Å². The summed E-state index contributed by atoms with van der Waals surface area (Å²) in [6.45, 7) is 6.60. The van der Waals surface area contributed by atoms with Crippen LogP contribution in [-0.4, -0.2) is 18.9 Å². The molecule has 0 atom stereocenters. The Bertz CT molecular complexity index is 304. The van der Waals surface area contributed by atoms with Crippen LogP contribution in [0.2, 0.25) is 0 Å². The summed E-state index contributed by atoms with van der Waals surface area (Å²) in [5, 5.41) is 4.93. The molecule has 1 aromatic rings. The van der Waals surface area contributed by atoms with Crippen molar-refractivity contribution in [2.24, 2.45) is 0 Å². The molecule has 0 aromatic carbocycles. The third kappa shape index (κ3) is 2.79. The maximum absolute atomic E-state index is 11.5. The molecule has 0 fully saturated rings. The van der Waals surface area contributed by atoms with Gasteiger partial charge in [-0.1, -0.05) is 6.08 Å². The van der Waals surface area contributed by atoms with E-state index in [1.165, 1.54) is 11.3 Å². The molecular weight excluding hydrogens is 182 g/mol. The van der Waals surface area contributed by atoms with Crippen LogP contribution in [0, 0.1) is 6.92 Å². The maximum atomic E-state index is 11.5. The average Bonchev–Trinajstić information content (AvgIpc) is 2.52. The SMILES string of the molecule is C=CCNCC(=O)c1sccc1C. The first-order chi connectivity index (χ1) is 6.25. The zero-order valence-corrected chi connectivity index (χ0v) is 8.49. The molecule has 1 heterocycles. The van der Waals surface area contributed by atoms with Crippen molar-refractivity contribution in [3.8, 4) is 0 Å². The van der Waals surface area contributed by atoms with Crippen LogP contribution in [0.3, 0.4) is 0 Å². The lowest BCUT2D eigenvalue weighted by Gasteiger charge is -1.99. The monoisotopic (exact) mass is 195 g/mol. The Balaban J connectivity index is 2.49. The number of ketones is 1. The van der Waals surface area contributed by atoms with E-state index < -0.39 is 0 Å². The van der Waals surface area contributed by atoms with E-state index in [0.29, 0.717) is 13.1 Å². The molecule has 0 aliphatic heterocycles. The molecule has 0 aliphatic carbocycles. The summed E-state index contributed by atoms with van der Waals surface area (Å²) in [6.07, 6.45) is 1.74. The van der Waals surface area contributed by atoms with Crippen LogP contribution in [-0.2, 0) is 0 Å². The fraction of sp³-hybridized carbons (Fsp3) is 0.300. The fourth-order valence-electron chi connectivity index (χ4n) is 1.03. The lowest BCUT2D eigenvalue weighted by molar-refractivity contribution is 0.0995. The molecule has 1 rings (SSSR count). The molecule has 0 spiro atoms. The van der Waals surface area contributed by atoms with E-state index in [1.807, 2.05) is 18.4 Å². The number of hydrogen-bond donors (Lipinski definition) is 1. The van der Waals surface area contributed by atoms with Gasteiger partial charge in [0.2, 0.25) is 0 Å². The van der Waals surface area contributed by atoms with Crippen molar-refractivity contribution in [1.82, 2.24) is 5.32 Å². The molecule has 70 valence electrons. The van der Waals surface area contributed by atoms with Crippen LogP contribution < -0.4 is 5.32 Å². The van der Waals surface area contributed by atoms with E-state index in [0.717, 1.165) is 10.4 Å². The van der Waals surface area contributed by atoms with Crippen molar-refractivity contribution in [3.05, 3.63) is 34.5 Å². The number of carbonyl (C=O) groups is 1. The highest BCUT2D eigenvalue weighted by Crippen LogP contribution is 2.15. The number of rotatable bonds is 5. The molecule has 0 saturated heterocycles. The van der Waals surface area contributed by atoms with Gasteiger partial charge >= 0.3 is 0 Å². The summed E-state index contributed by atoms with van der Waals surface area (Å²) in [5.41, 5.74) is 1.07. The van der Waals surface area contributed by atoms with E-state index in [9.17, 15) is 4.79 Å². The van der Waals surface area contributed by atoms with Gasteiger partial charge in [0.25, 0.3) is 0 Å². The van der Waals surface area contributed by atoms with Gasteiger partial charge in [-0.25, -0.2) is 0 Å². The van der Waals surface area contributed by atoms with Crippen LogP contribution in [0.15, 0.2) is 24.1 Å². The Morgan fingerprint density at radius 1 is 1.77 bits per heavy atom. The number of aryl methyl sites for hydroxylation is 1. The predicted molar refractivity (Wildman–Crippen MR) is 56.5 cm³/mol. The van der Waals surface area contributed by atoms with Crippen molar-refractivity contribution in [1.29, 1.82) is 0 Å². The molecule has 0 saturated carbocycles. The zero-order valence-electron chi connectivity index (χ0n) is 7.67. The van der Waals surface area contributed by atoms with Crippen LogP contribution in [0.4, 0.5) is 0 Å². The quantitative estimate of drug-likeness (QED) is 0.442. The van der Waals surface area contributed by atoms with Gasteiger partial charge in [-0.15, -0.1) is 17.9 Å². The first-order valence-corrected chi connectivity index (χ1v) is 5.02. The Kier molecular flexibility index (Phi) is 3.86. The molecule has 0 aliphatic rings. The lowest BCUT2D eigenvalue weighted by atomic mass is 10.2. The van der Waals surface area contributed by atoms with Gasteiger partial charge < -0.3 is 5.32 Å². The highest BCUT2D eigenvalue weighted by molar-refractivity contribution is 7.12. The van der Waals surface area contributed by atoms with Crippen molar-refractivity contribution in [2.45, 2.75) is 6.92 Å². The van der Waals surface area contributed by atoms with Gasteiger partial charge in [0.05, 0.1) is 11.4 Å². The van der Waals surface area contributed by atoms with Crippen LogP contribution in [0.1, 0.15) is 15.2 Å². The third-order valence-electron chi connectivity index (χ3n) is 1.69.